The van der Waals surface area contributed by atoms with Crippen LogP contribution < -0.4 is 10.4 Å². The Labute approximate surface area is 194 Å². The Kier molecular flexibility index (Phi) is 5.73. The average Bonchev–Trinajstić information content (AvgIpc) is 3.49. The highest BCUT2D eigenvalue weighted by Gasteiger charge is 2.29. The smallest absolute Gasteiger partial charge is 0.306 e. The van der Waals surface area contributed by atoms with Crippen LogP contribution in [0.2, 0.25) is 0 Å². The first-order valence-corrected chi connectivity index (χ1v) is 12.0. The van der Waals surface area contributed by atoms with E-state index in [4.69, 9.17) is 15.1 Å². The maximum atomic E-state index is 11.3. The molecule has 0 radical (unpaired) electrons. The third-order valence-corrected chi connectivity index (χ3v) is 7.50. The third kappa shape index (κ3) is 4.54. The zero-order valence-corrected chi connectivity index (χ0v) is 19.5. The SMILES string of the molecule is Cc1nc(-c2nnn(C)c2Cn2sc(C3CC3)nc2=N)ccc1O[C@H]1CCC[C@H](C(=O)O)C1. The predicted molar refractivity (Wildman–Crippen MR) is 120 cm³/mol. The lowest BCUT2D eigenvalue weighted by Gasteiger charge is -2.27. The quantitative estimate of drug-likeness (QED) is 0.544. The van der Waals surface area contributed by atoms with Gasteiger partial charge >= 0.3 is 5.97 Å². The first-order valence-electron chi connectivity index (χ1n) is 11.3. The third-order valence-electron chi connectivity index (χ3n) is 6.37. The first kappa shape index (κ1) is 21.7. The van der Waals surface area contributed by atoms with Crippen LogP contribution in [0.15, 0.2) is 12.1 Å². The molecule has 2 fully saturated rings. The highest BCUT2D eigenvalue weighted by molar-refractivity contribution is 7.06. The molecule has 0 unspecified atom stereocenters. The van der Waals surface area contributed by atoms with E-state index in [-0.39, 0.29) is 17.6 Å². The van der Waals surface area contributed by atoms with E-state index < -0.39 is 5.97 Å². The zero-order valence-electron chi connectivity index (χ0n) is 18.7. The van der Waals surface area contributed by atoms with Crippen LogP contribution in [0.4, 0.5) is 0 Å². The van der Waals surface area contributed by atoms with Gasteiger partial charge in [-0.05, 0) is 69.1 Å². The average molecular weight is 470 g/mol. The summed E-state index contributed by atoms with van der Waals surface area (Å²) in [6, 6.07) is 3.74. The number of hydrogen-bond donors (Lipinski definition) is 2. The summed E-state index contributed by atoms with van der Waals surface area (Å²) in [4.78, 5) is 20.5. The van der Waals surface area contributed by atoms with E-state index in [2.05, 4.69) is 15.3 Å². The van der Waals surface area contributed by atoms with Crippen molar-refractivity contribution < 1.29 is 14.6 Å². The van der Waals surface area contributed by atoms with E-state index in [1.165, 1.54) is 11.5 Å². The number of rotatable bonds is 7. The van der Waals surface area contributed by atoms with E-state index in [1.54, 1.807) is 4.68 Å². The summed E-state index contributed by atoms with van der Waals surface area (Å²) in [6.07, 6.45) is 5.13. The van der Waals surface area contributed by atoms with Crippen LogP contribution >= 0.6 is 11.5 Å². The fourth-order valence-corrected chi connectivity index (χ4v) is 5.34. The molecule has 11 heteroatoms. The van der Waals surface area contributed by atoms with E-state index >= 15 is 0 Å². The fourth-order valence-electron chi connectivity index (χ4n) is 4.29. The van der Waals surface area contributed by atoms with Gasteiger partial charge in [-0.1, -0.05) is 5.21 Å². The molecule has 3 aromatic rings. The van der Waals surface area contributed by atoms with Crippen LogP contribution in [0, 0.1) is 18.3 Å². The minimum Gasteiger partial charge on any atom is -0.489 e. The summed E-state index contributed by atoms with van der Waals surface area (Å²) in [5.41, 5.74) is 3.20. The van der Waals surface area contributed by atoms with Crippen LogP contribution in [0.25, 0.3) is 11.4 Å². The number of carboxylic acids is 1. The van der Waals surface area contributed by atoms with Gasteiger partial charge in [0.2, 0.25) is 5.62 Å². The van der Waals surface area contributed by atoms with E-state index in [9.17, 15) is 9.90 Å². The molecule has 0 spiro atoms. The summed E-state index contributed by atoms with van der Waals surface area (Å²) in [5.74, 6) is 0.0866. The Hall–Kier alpha value is -3.08. The van der Waals surface area contributed by atoms with Gasteiger partial charge in [-0.3, -0.25) is 14.2 Å². The molecule has 2 saturated carbocycles. The number of hydrogen-bond acceptors (Lipinski definition) is 8. The second-order valence-corrected chi connectivity index (χ2v) is 9.95. The number of pyridine rings is 1. The standard InChI is InChI=1S/C22H27N7O3S/c1-12-18(32-15-5-3-4-14(10-15)21(30)31)9-8-16(24-12)19-17(28(2)27-26-19)11-29-22(23)25-20(33-29)13-6-7-13/h8-9,13-15,23H,3-7,10-11H2,1-2H3,(H,30,31)/t14-,15-/m0/s1. The molecule has 2 atom stereocenters. The Morgan fingerprint density at radius 2 is 2.09 bits per heavy atom. The number of carboxylic acid groups (broad SMARTS) is 1. The number of nitrogens with zero attached hydrogens (tertiary/aromatic N) is 6. The number of carbonyl (C=O) groups is 1. The number of aliphatic carboxylic acids is 1. The largest absolute Gasteiger partial charge is 0.489 e. The van der Waals surface area contributed by atoms with Crippen LogP contribution in [0.5, 0.6) is 5.75 Å². The van der Waals surface area contributed by atoms with E-state index in [0.717, 1.165) is 42.1 Å². The molecule has 3 aromatic heterocycles. The van der Waals surface area contributed by atoms with Gasteiger partial charge in [0.15, 0.2) is 0 Å². The van der Waals surface area contributed by atoms with Gasteiger partial charge in [-0.25, -0.2) is 14.6 Å². The lowest BCUT2D eigenvalue weighted by molar-refractivity contribution is -0.143. The van der Waals surface area contributed by atoms with Crippen molar-refractivity contribution in [3.8, 4) is 17.1 Å². The second kappa shape index (κ2) is 8.69. The topological polar surface area (TPSA) is 132 Å². The first-order chi connectivity index (χ1) is 15.9. The Balaban J connectivity index is 1.35. The predicted octanol–water partition coefficient (Wildman–Crippen LogP) is 2.87. The summed E-state index contributed by atoms with van der Waals surface area (Å²) in [5, 5.41) is 27.1. The molecule has 2 aliphatic carbocycles. The number of ether oxygens (including phenoxy) is 1. The van der Waals surface area contributed by atoms with Gasteiger partial charge in [-0.15, -0.1) is 5.10 Å². The van der Waals surface area contributed by atoms with Crippen LogP contribution in [-0.4, -0.2) is 46.1 Å². The molecule has 0 saturated heterocycles. The molecule has 0 aromatic carbocycles. The van der Waals surface area contributed by atoms with Gasteiger partial charge in [-0.2, -0.15) is 0 Å². The van der Waals surface area contributed by atoms with Crippen LogP contribution in [0.1, 0.15) is 60.8 Å². The van der Waals surface area contributed by atoms with Crippen molar-refractivity contribution in [3.05, 3.63) is 34.1 Å². The normalized spacial score (nSPS) is 20.7. The summed E-state index contributed by atoms with van der Waals surface area (Å²) < 4.78 is 9.71. The number of nitrogens with one attached hydrogen (secondary N) is 1. The molecule has 3 heterocycles. The maximum Gasteiger partial charge on any atom is 0.306 e. The van der Waals surface area contributed by atoms with Crippen molar-refractivity contribution in [2.75, 3.05) is 0 Å². The van der Waals surface area contributed by atoms with Gasteiger partial charge in [0.1, 0.15) is 16.5 Å². The van der Waals surface area contributed by atoms with E-state index in [1.807, 2.05) is 30.1 Å². The maximum absolute atomic E-state index is 11.3. The van der Waals surface area contributed by atoms with Crippen molar-refractivity contribution in [1.82, 2.24) is 28.9 Å². The molecule has 10 nitrogen and oxygen atoms in total. The lowest BCUT2D eigenvalue weighted by Crippen LogP contribution is -2.29. The van der Waals surface area contributed by atoms with Crippen LogP contribution in [-0.2, 0) is 18.4 Å². The van der Waals surface area contributed by atoms with Gasteiger partial charge < -0.3 is 9.84 Å². The van der Waals surface area contributed by atoms with Gasteiger partial charge in [0.05, 0.1) is 35.6 Å². The van der Waals surface area contributed by atoms with Crippen molar-refractivity contribution in [3.63, 3.8) is 0 Å². The molecule has 0 amide bonds. The Morgan fingerprint density at radius 3 is 2.82 bits per heavy atom. The summed E-state index contributed by atoms with van der Waals surface area (Å²) in [6.45, 7) is 2.34. The van der Waals surface area contributed by atoms with E-state index in [0.29, 0.717) is 42.4 Å². The molecule has 5 rings (SSSR count). The second-order valence-electron chi connectivity index (χ2n) is 8.91. The van der Waals surface area contributed by atoms with Crippen molar-refractivity contribution in [2.24, 2.45) is 13.0 Å². The molecule has 0 bridgehead atoms. The lowest BCUT2D eigenvalue weighted by atomic mass is 9.87. The number of aromatic nitrogens is 6. The molecule has 2 aliphatic rings. The monoisotopic (exact) mass is 469 g/mol. The van der Waals surface area contributed by atoms with Crippen LogP contribution in [0.3, 0.4) is 0 Å². The zero-order chi connectivity index (χ0) is 23.1. The van der Waals surface area contributed by atoms with Crippen molar-refractivity contribution >= 4 is 17.5 Å². The number of aryl methyl sites for hydroxylation is 2. The molecular weight excluding hydrogens is 442 g/mol. The van der Waals surface area contributed by atoms with Crippen molar-refractivity contribution in [2.45, 2.75) is 64.0 Å². The Morgan fingerprint density at radius 1 is 1.27 bits per heavy atom. The van der Waals surface area contributed by atoms with Gasteiger partial charge in [0, 0.05) is 13.0 Å². The van der Waals surface area contributed by atoms with Crippen molar-refractivity contribution in [1.29, 1.82) is 5.41 Å². The van der Waals surface area contributed by atoms with Gasteiger partial charge in [0.25, 0.3) is 0 Å². The molecule has 2 N–H and O–H groups in total. The molecular formula is C22H27N7O3S. The minimum absolute atomic E-state index is 0.114. The highest BCUT2D eigenvalue weighted by atomic mass is 32.1. The molecule has 33 heavy (non-hydrogen) atoms. The molecule has 174 valence electrons. The minimum atomic E-state index is -0.748. The highest BCUT2D eigenvalue weighted by Crippen LogP contribution is 2.40. The summed E-state index contributed by atoms with van der Waals surface area (Å²) >= 11 is 1.54. The fraction of sp³-hybridized carbons (Fsp3) is 0.545. The molecule has 0 aliphatic heterocycles. The Bertz CT molecular complexity index is 1240. The summed E-state index contributed by atoms with van der Waals surface area (Å²) in [7, 11) is 1.84.